The molecule has 16 heavy (non-hydrogen) atoms. The summed E-state index contributed by atoms with van der Waals surface area (Å²) < 4.78 is 0. The van der Waals surface area contributed by atoms with Crippen LogP contribution in [0.15, 0.2) is 30.3 Å². The van der Waals surface area contributed by atoms with Gasteiger partial charge in [-0.15, -0.1) is 0 Å². The summed E-state index contributed by atoms with van der Waals surface area (Å²) in [6.07, 6.45) is 1.18. The first-order valence-electron chi connectivity index (χ1n) is 5.11. The Hall–Kier alpha value is -2.04. The molecule has 5 heteroatoms. The maximum absolute atomic E-state index is 11.3. The zero-order valence-corrected chi connectivity index (χ0v) is 8.99. The van der Waals surface area contributed by atoms with Gasteiger partial charge in [0, 0.05) is 18.7 Å². The predicted molar refractivity (Wildman–Crippen MR) is 64.6 cm³/mol. The molecule has 0 atom stereocenters. The molecule has 1 aromatic carbocycles. The summed E-state index contributed by atoms with van der Waals surface area (Å²) in [5.41, 5.74) is 5.94. The molecule has 0 saturated heterocycles. The van der Waals surface area contributed by atoms with Crippen molar-refractivity contribution in [2.24, 2.45) is 5.73 Å². The van der Waals surface area contributed by atoms with Gasteiger partial charge in [-0.2, -0.15) is 0 Å². The fraction of sp³-hybridized carbons (Fsp3) is 0.273. The summed E-state index contributed by atoms with van der Waals surface area (Å²) >= 11 is 0. The highest BCUT2D eigenvalue weighted by Gasteiger charge is 1.99. The van der Waals surface area contributed by atoms with Gasteiger partial charge >= 0.3 is 6.03 Å². The molecule has 0 fully saturated rings. The first-order chi connectivity index (χ1) is 7.68. The van der Waals surface area contributed by atoms with Gasteiger partial charge in [-0.25, -0.2) is 4.79 Å². The highest BCUT2D eigenvalue weighted by Crippen LogP contribution is 2.03. The van der Waals surface area contributed by atoms with Crippen LogP contribution in [0.5, 0.6) is 0 Å². The molecule has 0 aromatic heterocycles. The van der Waals surface area contributed by atoms with Crippen molar-refractivity contribution in [2.75, 3.05) is 11.9 Å². The van der Waals surface area contributed by atoms with Crippen LogP contribution in [0, 0.1) is 5.41 Å². The van der Waals surface area contributed by atoms with E-state index >= 15 is 0 Å². The first-order valence-corrected chi connectivity index (χ1v) is 5.11. The highest BCUT2D eigenvalue weighted by molar-refractivity contribution is 5.89. The fourth-order valence-electron chi connectivity index (χ4n) is 1.18. The molecule has 1 aromatic rings. The Morgan fingerprint density at radius 1 is 1.31 bits per heavy atom. The molecular formula is C11H16N4O. The van der Waals surface area contributed by atoms with E-state index in [1.165, 1.54) is 0 Å². The number of nitrogens with one attached hydrogen (secondary N) is 3. The van der Waals surface area contributed by atoms with Crippen LogP contribution in [0.4, 0.5) is 10.5 Å². The number of para-hydroxylation sites is 1. The minimum Gasteiger partial charge on any atom is -0.388 e. The number of carbonyl (C=O) groups is 1. The van der Waals surface area contributed by atoms with Crippen molar-refractivity contribution in [2.45, 2.75) is 12.8 Å². The number of amides is 2. The second-order valence-electron chi connectivity index (χ2n) is 3.38. The van der Waals surface area contributed by atoms with Crippen LogP contribution in [-0.4, -0.2) is 18.4 Å². The molecule has 2 amide bonds. The van der Waals surface area contributed by atoms with E-state index in [2.05, 4.69) is 10.6 Å². The number of hydrogen-bond donors (Lipinski definition) is 4. The molecule has 0 radical (unpaired) electrons. The lowest BCUT2D eigenvalue weighted by atomic mass is 10.3. The molecule has 0 bridgehead atoms. The van der Waals surface area contributed by atoms with E-state index < -0.39 is 0 Å². The van der Waals surface area contributed by atoms with E-state index in [1.807, 2.05) is 30.3 Å². The number of anilines is 1. The fourth-order valence-corrected chi connectivity index (χ4v) is 1.18. The molecule has 0 aliphatic rings. The van der Waals surface area contributed by atoms with Crippen LogP contribution in [0.3, 0.4) is 0 Å². The maximum Gasteiger partial charge on any atom is 0.319 e. The van der Waals surface area contributed by atoms with Crippen molar-refractivity contribution in [3.63, 3.8) is 0 Å². The van der Waals surface area contributed by atoms with Gasteiger partial charge < -0.3 is 16.4 Å². The minimum absolute atomic E-state index is 0.144. The Kier molecular flexibility index (Phi) is 4.85. The molecule has 1 rings (SSSR count). The average Bonchev–Trinajstić information content (AvgIpc) is 2.25. The number of amidine groups is 1. The van der Waals surface area contributed by atoms with Crippen molar-refractivity contribution in [1.82, 2.24) is 5.32 Å². The van der Waals surface area contributed by atoms with E-state index in [0.29, 0.717) is 19.4 Å². The molecule has 0 unspecified atom stereocenters. The number of nitrogens with two attached hydrogens (primary N) is 1. The van der Waals surface area contributed by atoms with Crippen molar-refractivity contribution in [3.8, 4) is 0 Å². The molecule has 0 spiro atoms. The SMILES string of the molecule is N=C(N)CCCNC(=O)Nc1ccccc1. The van der Waals surface area contributed by atoms with Crippen molar-refractivity contribution < 1.29 is 4.79 Å². The lowest BCUT2D eigenvalue weighted by Crippen LogP contribution is -2.30. The summed E-state index contributed by atoms with van der Waals surface area (Å²) in [6.45, 7) is 0.512. The van der Waals surface area contributed by atoms with Gasteiger partial charge in [-0.3, -0.25) is 5.41 Å². The predicted octanol–water partition coefficient (Wildman–Crippen LogP) is 1.52. The molecule has 5 N–H and O–H groups in total. The topological polar surface area (TPSA) is 91.0 Å². The maximum atomic E-state index is 11.3. The van der Waals surface area contributed by atoms with Crippen molar-refractivity contribution >= 4 is 17.6 Å². The van der Waals surface area contributed by atoms with Crippen LogP contribution in [0.2, 0.25) is 0 Å². The van der Waals surface area contributed by atoms with Crippen molar-refractivity contribution in [3.05, 3.63) is 30.3 Å². The molecule has 0 aliphatic heterocycles. The Labute approximate surface area is 94.5 Å². The minimum atomic E-state index is -0.241. The normalized spacial score (nSPS) is 9.50. The second-order valence-corrected chi connectivity index (χ2v) is 3.38. The number of carbonyl (C=O) groups excluding carboxylic acids is 1. The Bertz CT molecular complexity index is 350. The van der Waals surface area contributed by atoms with Gasteiger partial charge in [0.2, 0.25) is 0 Å². The number of urea groups is 1. The monoisotopic (exact) mass is 220 g/mol. The van der Waals surface area contributed by atoms with Crippen LogP contribution >= 0.6 is 0 Å². The summed E-state index contributed by atoms with van der Waals surface area (Å²) in [5, 5.41) is 12.4. The standard InChI is InChI=1S/C11H16N4O/c12-10(13)7-4-8-14-11(16)15-9-5-2-1-3-6-9/h1-3,5-6H,4,7-8H2,(H3,12,13)(H2,14,15,16). The third kappa shape index (κ3) is 4.99. The van der Waals surface area contributed by atoms with Gasteiger partial charge in [-0.1, -0.05) is 18.2 Å². The lowest BCUT2D eigenvalue weighted by Gasteiger charge is -2.06. The summed E-state index contributed by atoms with van der Waals surface area (Å²) in [5.74, 6) is 0.144. The molecule has 0 saturated carbocycles. The van der Waals surface area contributed by atoms with E-state index in [1.54, 1.807) is 0 Å². The van der Waals surface area contributed by atoms with Gasteiger partial charge in [0.1, 0.15) is 0 Å². The number of rotatable bonds is 5. The van der Waals surface area contributed by atoms with Crippen LogP contribution in [0.1, 0.15) is 12.8 Å². The Balaban J connectivity index is 2.19. The van der Waals surface area contributed by atoms with Crippen LogP contribution in [-0.2, 0) is 0 Å². The lowest BCUT2D eigenvalue weighted by molar-refractivity contribution is 0.252. The van der Waals surface area contributed by atoms with Crippen LogP contribution in [0.25, 0.3) is 0 Å². The number of benzene rings is 1. The van der Waals surface area contributed by atoms with E-state index in [0.717, 1.165) is 5.69 Å². The average molecular weight is 220 g/mol. The molecule has 0 aliphatic carbocycles. The quantitative estimate of drug-likeness (QED) is 0.344. The molecular weight excluding hydrogens is 204 g/mol. The Morgan fingerprint density at radius 2 is 2.00 bits per heavy atom. The highest BCUT2D eigenvalue weighted by atomic mass is 16.2. The summed E-state index contributed by atoms with van der Waals surface area (Å²) in [4.78, 5) is 11.3. The van der Waals surface area contributed by atoms with Crippen molar-refractivity contribution in [1.29, 1.82) is 5.41 Å². The molecule has 5 nitrogen and oxygen atoms in total. The second kappa shape index (κ2) is 6.44. The third-order valence-electron chi connectivity index (χ3n) is 1.94. The molecule has 0 heterocycles. The van der Waals surface area contributed by atoms with Gasteiger partial charge in [0.05, 0.1) is 5.84 Å². The van der Waals surface area contributed by atoms with Gasteiger partial charge in [0.15, 0.2) is 0 Å². The van der Waals surface area contributed by atoms with Crippen LogP contribution < -0.4 is 16.4 Å². The van der Waals surface area contributed by atoms with Gasteiger partial charge in [0.25, 0.3) is 0 Å². The van der Waals surface area contributed by atoms with E-state index in [9.17, 15) is 4.79 Å². The number of hydrogen-bond acceptors (Lipinski definition) is 2. The summed E-state index contributed by atoms with van der Waals surface area (Å²) in [7, 11) is 0. The zero-order valence-electron chi connectivity index (χ0n) is 8.99. The summed E-state index contributed by atoms with van der Waals surface area (Å²) in [6, 6.07) is 8.98. The van der Waals surface area contributed by atoms with E-state index in [-0.39, 0.29) is 11.9 Å². The van der Waals surface area contributed by atoms with E-state index in [4.69, 9.17) is 11.1 Å². The molecule has 86 valence electrons. The van der Waals surface area contributed by atoms with Gasteiger partial charge in [-0.05, 0) is 18.6 Å². The first kappa shape index (κ1) is 12.0. The largest absolute Gasteiger partial charge is 0.388 e. The smallest absolute Gasteiger partial charge is 0.319 e. The Morgan fingerprint density at radius 3 is 2.62 bits per heavy atom. The zero-order chi connectivity index (χ0) is 11.8. The third-order valence-corrected chi connectivity index (χ3v) is 1.94.